The third-order valence-corrected chi connectivity index (χ3v) is 5.64. The van der Waals surface area contributed by atoms with Crippen LogP contribution in [0.3, 0.4) is 0 Å². The largest absolute Gasteiger partial charge is 0.338 e. The number of thiophene rings is 1. The van der Waals surface area contributed by atoms with Crippen LogP contribution >= 0.6 is 11.3 Å². The highest BCUT2D eigenvalue weighted by atomic mass is 32.1. The average molecular weight is 339 g/mol. The highest BCUT2D eigenvalue weighted by molar-refractivity contribution is 7.10. The molecular weight excluding hydrogens is 318 g/mol. The van der Waals surface area contributed by atoms with E-state index >= 15 is 0 Å². The predicted octanol–water partition coefficient (Wildman–Crippen LogP) is 4.70. The van der Waals surface area contributed by atoms with Crippen molar-refractivity contribution in [1.29, 1.82) is 0 Å². The van der Waals surface area contributed by atoms with E-state index in [-0.39, 0.29) is 0 Å². The van der Waals surface area contributed by atoms with Crippen LogP contribution in [0.1, 0.15) is 42.1 Å². The minimum absolute atomic E-state index is 0.490. The molecule has 0 amide bonds. The third kappa shape index (κ3) is 3.14. The molecule has 3 heterocycles. The lowest BCUT2D eigenvalue weighted by Crippen LogP contribution is -2.22. The summed E-state index contributed by atoms with van der Waals surface area (Å²) in [5.74, 6) is 1.38. The quantitative estimate of drug-likeness (QED) is 0.676. The summed E-state index contributed by atoms with van der Waals surface area (Å²) >= 11 is 1.83. The lowest BCUT2D eigenvalue weighted by Gasteiger charge is -2.21. The number of aryl methyl sites for hydroxylation is 1. The summed E-state index contributed by atoms with van der Waals surface area (Å²) in [6, 6.07) is 13.2. The van der Waals surface area contributed by atoms with Gasteiger partial charge in [-0.05, 0) is 42.8 Å². The van der Waals surface area contributed by atoms with Crippen LogP contribution in [0.4, 0.5) is 0 Å². The molecule has 4 nitrogen and oxygen atoms in total. The molecule has 4 rings (SSSR count). The summed E-state index contributed by atoms with van der Waals surface area (Å²) in [6.07, 6.45) is 3.47. The molecule has 1 fully saturated rings. The van der Waals surface area contributed by atoms with Crippen LogP contribution in [0.5, 0.6) is 0 Å². The Morgan fingerprint density at radius 1 is 1.25 bits per heavy atom. The van der Waals surface area contributed by atoms with Crippen molar-refractivity contribution in [2.45, 2.75) is 38.8 Å². The fourth-order valence-electron chi connectivity index (χ4n) is 3.32. The van der Waals surface area contributed by atoms with Crippen LogP contribution in [0.15, 0.2) is 46.3 Å². The highest BCUT2D eigenvalue weighted by Crippen LogP contribution is 2.35. The van der Waals surface area contributed by atoms with E-state index in [1.165, 1.54) is 23.3 Å². The molecule has 24 heavy (non-hydrogen) atoms. The van der Waals surface area contributed by atoms with Gasteiger partial charge in [0.2, 0.25) is 11.7 Å². The minimum atomic E-state index is 0.490. The fourth-order valence-corrected chi connectivity index (χ4v) is 4.21. The van der Waals surface area contributed by atoms with Crippen molar-refractivity contribution in [2.75, 3.05) is 6.54 Å². The van der Waals surface area contributed by atoms with Crippen LogP contribution < -0.4 is 0 Å². The number of likely N-dealkylation sites (tertiary alicyclic amines) is 1. The lowest BCUT2D eigenvalue weighted by molar-refractivity contribution is 0.214. The summed E-state index contributed by atoms with van der Waals surface area (Å²) in [5, 5.41) is 6.31. The molecule has 124 valence electrons. The van der Waals surface area contributed by atoms with Gasteiger partial charge in [-0.15, -0.1) is 11.3 Å². The minimum Gasteiger partial charge on any atom is -0.338 e. The first-order valence-corrected chi connectivity index (χ1v) is 9.41. The Morgan fingerprint density at radius 3 is 2.88 bits per heavy atom. The number of hydrogen-bond acceptors (Lipinski definition) is 5. The van der Waals surface area contributed by atoms with Crippen molar-refractivity contribution in [3.8, 4) is 11.4 Å². The van der Waals surface area contributed by atoms with Gasteiger partial charge in [-0.3, -0.25) is 4.90 Å². The molecule has 3 aromatic rings. The van der Waals surface area contributed by atoms with Crippen molar-refractivity contribution in [3.05, 3.63) is 58.1 Å². The normalized spacial score (nSPS) is 18.3. The van der Waals surface area contributed by atoms with E-state index in [2.05, 4.69) is 63.7 Å². The first-order valence-electron chi connectivity index (χ1n) is 8.53. The molecule has 0 spiro atoms. The molecule has 0 N–H and O–H groups in total. The zero-order valence-corrected chi connectivity index (χ0v) is 14.6. The molecule has 0 radical (unpaired) electrons. The Bertz CT molecular complexity index is 779. The number of rotatable bonds is 5. The molecule has 0 aliphatic carbocycles. The molecule has 1 atom stereocenters. The van der Waals surface area contributed by atoms with Gasteiger partial charge in [0, 0.05) is 16.5 Å². The van der Waals surface area contributed by atoms with E-state index in [4.69, 9.17) is 4.52 Å². The van der Waals surface area contributed by atoms with Crippen molar-refractivity contribution >= 4 is 11.3 Å². The third-order valence-electron chi connectivity index (χ3n) is 4.66. The molecule has 0 unspecified atom stereocenters. The highest BCUT2D eigenvalue weighted by Gasteiger charge is 2.28. The second-order valence-electron chi connectivity index (χ2n) is 6.21. The van der Waals surface area contributed by atoms with Gasteiger partial charge in [-0.2, -0.15) is 4.98 Å². The Hall–Kier alpha value is -1.98. The van der Waals surface area contributed by atoms with E-state index in [1.54, 1.807) is 0 Å². The number of aromatic nitrogens is 2. The Kier molecular flexibility index (Phi) is 4.45. The van der Waals surface area contributed by atoms with Gasteiger partial charge in [0.1, 0.15) is 0 Å². The topological polar surface area (TPSA) is 42.2 Å². The second-order valence-corrected chi connectivity index (χ2v) is 7.19. The van der Waals surface area contributed by atoms with Crippen molar-refractivity contribution in [2.24, 2.45) is 0 Å². The Morgan fingerprint density at radius 2 is 2.12 bits per heavy atom. The van der Waals surface area contributed by atoms with Crippen LogP contribution in [0, 0.1) is 0 Å². The number of nitrogens with zero attached hydrogens (tertiary/aromatic N) is 3. The molecule has 1 aromatic carbocycles. The summed E-state index contributed by atoms with van der Waals surface area (Å²) < 4.78 is 5.50. The Labute approximate surface area is 146 Å². The lowest BCUT2D eigenvalue weighted by atomic mass is 10.1. The van der Waals surface area contributed by atoms with Crippen molar-refractivity contribution < 1.29 is 4.52 Å². The Balaban J connectivity index is 1.48. The van der Waals surface area contributed by atoms with Gasteiger partial charge in [0.25, 0.3) is 0 Å². The van der Waals surface area contributed by atoms with E-state index in [1.807, 2.05) is 11.3 Å². The zero-order chi connectivity index (χ0) is 16.4. The summed E-state index contributed by atoms with van der Waals surface area (Å²) in [5.41, 5.74) is 2.33. The molecule has 1 aliphatic heterocycles. The fraction of sp³-hybridized carbons (Fsp3) is 0.368. The summed E-state index contributed by atoms with van der Waals surface area (Å²) in [4.78, 5) is 8.48. The van der Waals surface area contributed by atoms with Crippen molar-refractivity contribution in [3.63, 3.8) is 0 Å². The molecule has 1 aliphatic rings. The number of benzene rings is 1. The first kappa shape index (κ1) is 15.5. The van der Waals surface area contributed by atoms with Crippen LogP contribution in [0.2, 0.25) is 0 Å². The summed E-state index contributed by atoms with van der Waals surface area (Å²) in [6.45, 7) is 3.97. The summed E-state index contributed by atoms with van der Waals surface area (Å²) in [7, 11) is 0. The maximum absolute atomic E-state index is 5.50. The standard InChI is InChI=1S/C19H21N3OS/c1-2-14-7-9-15(10-8-14)19-20-18(23-21-19)13-22-11-3-5-16(22)17-6-4-12-24-17/h4,6-10,12,16H,2-3,5,11,13H2,1H3/t16-/m0/s1. The van der Waals surface area contributed by atoms with E-state index in [9.17, 15) is 0 Å². The maximum Gasteiger partial charge on any atom is 0.241 e. The van der Waals surface area contributed by atoms with Gasteiger partial charge in [-0.25, -0.2) is 0 Å². The molecule has 0 bridgehead atoms. The molecule has 5 heteroatoms. The smallest absolute Gasteiger partial charge is 0.241 e. The van der Waals surface area contributed by atoms with E-state index in [0.29, 0.717) is 17.8 Å². The van der Waals surface area contributed by atoms with Crippen LogP contribution in [-0.2, 0) is 13.0 Å². The van der Waals surface area contributed by atoms with Crippen LogP contribution in [0.25, 0.3) is 11.4 Å². The van der Waals surface area contributed by atoms with E-state index < -0.39 is 0 Å². The SMILES string of the molecule is CCc1ccc(-c2noc(CN3CCC[C@H]3c3cccs3)n2)cc1. The predicted molar refractivity (Wildman–Crippen MR) is 95.8 cm³/mol. The van der Waals surface area contributed by atoms with Gasteiger partial charge in [-0.1, -0.05) is 42.4 Å². The van der Waals surface area contributed by atoms with Gasteiger partial charge in [0.15, 0.2) is 0 Å². The second kappa shape index (κ2) is 6.87. The average Bonchev–Trinajstić information content (AvgIpc) is 3.37. The van der Waals surface area contributed by atoms with Gasteiger partial charge >= 0.3 is 0 Å². The number of hydrogen-bond donors (Lipinski definition) is 0. The van der Waals surface area contributed by atoms with Gasteiger partial charge < -0.3 is 4.52 Å². The van der Waals surface area contributed by atoms with Gasteiger partial charge in [0.05, 0.1) is 6.54 Å². The first-order chi connectivity index (χ1) is 11.8. The monoisotopic (exact) mass is 339 g/mol. The van der Waals surface area contributed by atoms with Crippen LogP contribution in [-0.4, -0.2) is 21.6 Å². The van der Waals surface area contributed by atoms with E-state index in [0.717, 1.165) is 25.1 Å². The molecular formula is C19H21N3OS. The maximum atomic E-state index is 5.50. The molecule has 2 aromatic heterocycles. The van der Waals surface area contributed by atoms with Crippen molar-refractivity contribution in [1.82, 2.24) is 15.0 Å². The zero-order valence-electron chi connectivity index (χ0n) is 13.8. The molecule has 1 saturated heterocycles. The molecule has 0 saturated carbocycles.